The van der Waals surface area contributed by atoms with E-state index in [9.17, 15) is 4.79 Å². The van der Waals surface area contributed by atoms with E-state index in [4.69, 9.17) is 0 Å². The quantitative estimate of drug-likeness (QED) is 0.672. The predicted molar refractivity (Wildman–Crippen MR) is 79.5 cm³/mol. The van der Waals surface area contributed by atoms with Gasteiger partial charge in [0.1, 0.15) is 5.52 Å². The summed E-state index contributed by atoms with van der Waals surface area (Å²) < 4.78 is 1.66. The maximum atomic E-state index is 11.8. The van der Waals surface area contributed by atoms with E-state index in [0.717, 1.165) is 25.1 Å². The zero-order valence-corrected chi connectivity index (χ0v) is 11.7. The van der Waals surface area contributed by atoms with E-state index in [1.165, 1.54) is 6.33 Å². The van der Waals surface area contributed by atoms with Crippen molar-refractivity contribution in [2.75, 3.05) is 13.1 Å². The molecule has 0 aliphatic heterocycles. The summed E-state index contributed by atoms with van der Waals surface area (Å²) in [6.45, 7) is 3.93. The lowest BCUT2D eigenvalue weighted by Crippen LogP contribution is -2.15. The Kier molecular flexibility index (Phi) is 3.74. The summed E-state index contributed by atoms with van der Waals surface area (Å²) >= 11 is 0. The normalized spacial score (nSPS) is 11.1. The Bertz CT molecular complexity index is 806. The molecule has 3 heterocycles. The highest BCUT2D eigenvalue weighted by molar-refractivity contribution is 5.83. The molecule has 0 amide bonds. The van der Waals surface area contributed by atoms with Crippen LogP contribution in [-0.2, 0) is 6.42 Å². The summed E-state index contributed by atoms with van der Waals surface area (Å²) in [6.07, 6.45) is 7.60. The second kappa shape index (κ2) is 5.84. The molecule has 7 heteroatoms. The summed E-state index contributed by atoms with van der Waals surface area (Å²) in [4.78, 5) is 22.9. The van der Waals surface area contributed by atoms with Crippen molar-refractivity contribution in [2.24, 2.45) is 0 Å². The lowest BCUT2D eigenvalue weighted by Gasteiger charge is -2.03. The molecule has 0 aromatic carbocycles. The van der Waals surface area contributed by atoms with Gasteiger partial charge in [-0.15, -0.1) is 0 Å². The van der Waals surface area contributed by atoms with Gasteiger partial charge in [0, 0.05) is 12.4 Å². The number of aromatic amines is 1. The molecule has 3 aromatic rings. The maximum absolute atomic E-state index is 11.8. The van der Waals surface area contributed by atoms with E-state index in [1.54, 1.807) is 16.9 Å². The van der Waals surface area contributed by atoms with E-state index in [-0.39, 0.29) is 5.56 Å². The standard InChI is InChI=1S/C14H16N6O/c1-2-15-5-3-10-7-19-20(8-10)13-12-11(4-6-16-13)14(21)18-9-17-12/h4,6-9,15H,2-3,5H2,1H3,(H,17,18,21). The highest BCUT2D eigenvalue weighted by Crippen LogP contribution is 2.14. The Morgan fingerprint density at radius 2 is 2.29 bits per heavy atom. The molecule has 3 rings (SSSR count). The van der Waals surface area contributed by atoms with Gasteiger partial charge in [-0.1, -0.05) is 6.92 Å². The van der Waals surface area contributed by atoms with Crippen molar-refractivity contribution in [1.82, 2.24) is 30.0 Å². The number of rotatable bonds is 5. The first kappa shape index (κ1) is 13.4. The second-order valence-electron chi connectivity index (χ2n) is 4.66. The van der Waals surface area contributed by atoms with Gasteiger partial charge >= 0.3 is 0 Å². The number of H-pyrrole nitrogens is 1. The van der Waals surface area contributed by atoms with Gasteiger partial charge in [-0.25, -0.2) is 14.6 Å². The molecule has 21 heavy (non-hydrogen) atoms. The van der Waals surface area contributed by atoms with E-state index in [1.807, 2.05) is 12.4 Å². The molecule has 0 bridgehead atoms. The molecular weight excluding hydrogens is 268 g/mol. The average Bonchev–Trinajstić information content (AvgIpc) is 2.96. The summed E-state index contributed by atoms with van der Waals surface area (Å²) in [5, 5.41) is 8.10. The van der Waals surface area contributed by atoms with E-state index < -0.39 is 0 Å². The minimum atomic E-state index is -0.178. The Labute approximate surface area is 121 Å². The third-order valence-corrected chi connectivity index (χ3v) is 3.23. The molecule has 0 saturated carbocycles. The molecule has 3 aromatic heterocycles. The van der Waals surface area contributed by atoms with Crippen molar-refractivity contribution in [3.8, 4) is 5.82 Å². The molecule has 108 valence electrons. The van der Waals surface area contributed by atoms with E-state index >= 15 is 0 Å². The molecule has 2 N–H and O–H groups in total. The van der Waals surface area contributed by atoms with Crippen LogP contribution in [-0.4, -0.2) is 37.8 Å². The van der Waals surface area contributed by atoms with Crippen LogP contribution in [0, 0.1) is 0 Å². The highest BCUT2D eigenvalue weighted by atomic mass is 16.1. The molecule has 0 aliphatic carbocycles. The van der Waals surface area contributed by atoms with Crippen molar-refractivity contribution in [3.05, 3.63) is 46.9 Å². The van der Waals surface area contributed by atoms with Crippen molar-refractivity contribution in [3.63, 3.8) is 0 Å². The van der Waals surface area contributed by atoms with Crippen LogP contribution in [0.1, 0.15) is 12.5 Å². The summed E-state index contributed by atoms with van der Waals surface area (Å²) in [7, 11) is 0. The number of nitrogens with zero attached hydrogens (tertiary/aromatic N) is 4. The largest absolute Gasteiger partial charge is 0.317 e. The zero-order chi connectivity index (χ0) is 14.7. The second-order valence-corrected chi connectivity index (χ2v) is 4.66. The smallest absolute Gasteiger partial charge is 0.258 e. The van der Waals surface area contributed by atoms with Crippen LogP contribution in [0.3, 0.4) is 0 Å². The van der Waals surface area contributed by atoms with Crippen molar-refractivity contribution < 1.29 is 0 Å². The van der Waals surface area contributed by atoms with Crippen molar-refractivity contribution in [1.29, 1.82) is 0 Å². The van der Waals surface area contributed by atoms with Crippen LogP contribution in [0.4, 0.5) is 0 Å². The Hall–Kier alpha value is -2.54. The van der Waals surface area contributed by atoms with Crippen LogP contribution >= 0.6 is 0 Å². The number of pyridine rings is 1. The van der Waals surface area contributed by atoms with Crippen LogP contribution < -0.4 is 10.9 Å². The van der Waals surface area contributed by atoms with Gasteiger partial charge in [0.2, 0.25) is 0 Å². The molecule has 0 atom stereocenters. The molecule has 0 spiro atoms. The van der Waals surface area contributed by atoms with Gasteiger partial charge < -0.3 is 10.3 Å². The third-order valence-electron chi connectivity index (χ3n) is 3.23. The van der Waals surface area contributed by atoms with E-state index in [0.29, 0.717) is 16.7 Å². The van der Waals surface area contributed by atoms with Gasteiger partial charge in [0.15, 0.2) is 5.82 Å². The van der Waals surface area contributed by atoms with Crippen LogP contribution in [0.2, 0.25) is 0 Å². The number of likely N-dealkylation sites (N-methyl/N-ethyl adjacent to an activating group) is 1. The fourth-order valence-electron chi connectivity index (χ4n) is 2.17. The van der Waals surface area contributed by atoms with Crippen LogP contribution in [0.15, 0.2) is 35.8 Å². The third kappa shape index (κ3) is 2.68. The first-order chi connectivity index (χ1) is 10.3. The number of aromatic nitrogens is 5. The van der Waals surface area contributed by atoms with Crippen molar-refractivity contribution in [2.45, 2.75) is 13.3 Å². The van der Waals surface area contributed by atoms with Gasteiger partial charge in [0.05, 0.1) is 17.9 Å². The Morgan fingerprint density at radius 3 is 3.14 bits per heavy atom. The summed E-state index contributed by atoms with van der Waals surface area (Å²) in [6, 6.07) is 1.65. The molecule has 0 aliphatic rings. The van der Waals surface area contributed by atoms with Crippen LogP contribution in [0.5, 0.6) is 0 Å². The minimum absolute atomic E-state index is 0.178. The number of fused-ring (bicyclic) bond motifs is 1. The number of hydrogen-bond acceptors (Lipinski definition) is 5. The maximum Gasteiger partial charge on any atom is 0.258 e. The average molecular weight is 284 g/mol. The Balaban J connectivity index is 1.97. The van der Waals surface area contributed by atoms with Gasteiger partial charge in [-0.3, -0.25) is 4.79 Å². The lowest BCUT2D eigenvalue weighted by atomic mass is 10.2. The first-order valence-corrected chi connectivity index (χ1v) is 6.86. The van der Waals surface area contributed by atoms with Crippen LogP contribution in [0.25, 0.3) is 16.7 Å². The molecule has 0 radical (unpaired) electrons. The number of nitrogens with one attached hydrogen (secondary N) is 2. The zero-order valence-electron chi connectivity index (χ0n) is 11.7. The van der Waals surface area contributed by atoms with Crippen molar-refractivity contribution >= 4 is 10.9 Å². The predicted octanol–water partition coefficient (Wildman–Crippen LogP) is 0.656. The molecule has 0 saturated heterocycles. The van der Waals surface area contributed by atoms with Gasteiger partial charge in [-0.05, 0) is 31.1 Å². The van der Waals surface area contributed by atoms with E-state index in [2.05, 4.69) is 32.3 Å². The summed E-state index contributed by atoms with van der Waals surface area (Å²) in [5.41, 5.74) is 1.48. The lowest BCUT2D eigenvalue weighted by molar-refractivity contribution is 0.716. The molecular formula is C14H16N6O. The van der Waals surface area contributed by atoms with Gasteiger partial charge in [-0.2, -0.15) is 5.10 Å². The Morgan fingerprint density at radius 1 is 1.38 bits per heavy atom. The topological polar surface area (TPSA) is 88.5 Å². The minimum Gasteiger partial charge on any atom is -0.317 e. The molecule has 0 fully saturated rings. The summed E-state index contributed by atoms with van der Waals surface area (Å²) in [5.74, 6) is 0.563. The monoisotopic (exact) mass is 284 g/mol. The highest BCUT2D eigenvalue weighted by Gasteiger charge is 2.09. The fraction of sp³-hybridized carbons (Fsp3) is 0.286. The molecule has 0 unspecified atom stereocenters. The number of hydrogen-bond donors (Lipinski definition) is 2. The fourth-order valence-corrected chi connectivity index (χ4v) is 2.17. The van der Waals surface area contributed by atoms with Gasteiger partial charge in [0.25, 0.3) is 5.56 Å². The SMILES string of the molecule is CCNCCc1cnn(-c2nccc3c(=O)[nH]cnc23)c1. The molecule has 7 nitrogen and oxygen atoms in total. The first-order valence-electron chi connectivity index (χ1n) is 6.86.